The Bertz CT molecular complexity index is 264. The number of carbonyl (C=O) groups excluding carboxylic acids is 3. The summed E-state index contributed by atoms with van der Waals surface area (Å²) in [5.41, 5.74) is 0.0467. The van der Waals surface area contributed by atoms with E-state index in [0.29, 0.717) is 0 Å². The van der Waals surface area contributed by atoms with Gasteiger partial charge in [0.1, 0.15) is 6.26 Å². The van der Waals surface area contributed by atoms with E-state index in [9.17, 15) is 14.4 Å². The van der Waals surface area contributed by atoms with Gasteiger partial charge < -0.3 is 9.47 Å². The summed E-state index contributed by atoms with van der Waals surface area (Å²) in [6, 6.07) is 0. The van der Waals surface area contributed by atoms with Crippen molar-refractivity contribution in [3.8, 4) is 0 Å². The second-order valence-electron chi connectivity index (χ2n) is 2.29. The normalized spacial score (nSPS) is 10.5. The van der Waals surface area contributed by atoms with Crippen LogP contribution in [0, 0.1) is 0 Å². The molecule has 0 aliphatic carbocycles. The van der Waals surface area contributed by atoms with Gasteiger partial charge >= 0.3 is 17.9 Å². The van der Waals surface area contributed by atoms with Gasteiger partial charge in [-0.15, -0.1) is 0 Å². The predicted octanol–water partition coefficient (Wildman–Crippen LogP) is 0.543. The van der Waals surface area contributed by atoms with Crippen LogP contribution in [0.5, 0.6) is 0 Å². The minimum atomic E-state index is -0.825. The van der Waals surface area contributed by atoms with E-state index in [0.717, 1.165) is 13.2 Å². The molecule has 0 aliphatic heterocycles. The molecule has 0 N–H and O–H groups in total. The summed E-state index contributed by atoms with van der Waals surface area (Å²) in [5.74, 6) is -2.08. The first-order valence-corrected chi connectivity index (χ1v) is 3.50. The third-order valence-corrected chi connectivity index (χ3v) is 0.960. The molecular formula is C8H10O5. The van der Waals surface area contributed by atoms with Crippen molar-refractivity contribution >= 4 is 17.9 Å². The lowest BCUT2D eigenvalue weighted by atomic mass is 10.3. The second kappa shape index (κ2) is 5.08. The lowest BCUT2D eigenvalue weighted by Gasteiger charge is -1.98. The molecule has 0 aromatic rings. The molecule has 0 aromatic heterocycles. The van der Waals surface area contributed by atoms with E-state index in [1.54, 1.807) is 0 Å². The Morgan fingerprint density at radius 3 is 1.92 bits per heavy atom. The molecule has 72 valence electrons. The highest BCUT2D eigenvalue weighted by atomic mass is 16.6. The molecule has 5 heteroatoms. The Morgan fingerprint density at radius 2 is 1.54 bits per heavy atom. The molecule has 0 amide bonds. The molecule has 0 saturated heterocycles. The summed E-state index contributed by atoms with van der Waals surface area (Å²) in [4.78, 5) is 31.5. The highest BCUT2D eigenvalue weighted by Crippen LogP contribution is 1.97. The Kier molecular flexibility index (Phi) is 4.43. The molecular weight excluding hydrogens is 176 g/mol. The first-order chi connectivity index (χ1) is 5.93. The van der Waals surface area contributed by atoms with E-state index in [4.69, 9.17) is 0 Å². The molecule has 0 saturated carbocycles. The Balaban J connectivity index is 4.16. The SMILES string of the molecule is CC(=O)OC=C(C)C(=O)OC(C)=O. The maximum Gasteiger partial charge on any atom is 0.344 e. The fourth-order valence-electron chi connectivity index (χ4n) is 0.431. The van der Waals surface area contributed by atoms with Crippen LogP contribution in [-0.4, -0.2) is 17.9 Å². The molecule has 0 atom stereocenters. The summed E-state index contributed by atoms with van der Waals surface area (Å²) in [7, 11) is 0. The molecule has 0 radical (unpaired) electrons. The average Bonchev–Trinajstić information content (AvgIpc) is 1.98. The van der Waals surface area contributed by atoms with E-state index in [1.807, 2.05) is 0 Å². The fraction of sp³-hybridized carbons (Fsp3) is 0.375. The molecule has 0 rings (SSSR count). The zero-order valence-electron chi connectivity index (χ0n) is 7.62. The highest BCUT2D eigenvalue weighted by Gasteiger charge is 2.08. The van der Waals surface area contributed by atoms with Crippen LogP contribution < -0.4 is 0 Å². The molecule has 0 fully saturated rings. The van der Waals surface area contributed by atoms with Gasteiger partial charge in [-0.05, 0) is 6.92 Å². The van der Waals surface area contributed by atoms with Gasteiger partial charge in [-0.25, -0.2) is 4.79 Å². The van der Waals surface area contributed by atoms with E-state index in [1.165, 1.54) is 13.8 Å². The third kappa shape index (κ3) is 5.60. The van der Waals surface area contributed by atoms with Crippen molar-refractivity contribution in [2.45, 2.75) is 20.8 Å². The van der Waals surface area contributed by atoms with E-state index >= 15 is 0 Å². The number of hydrogen-bond acceptors (Lipinski definition) is 5. The van der Waals surface area contributed by atoms with Crippen LogP contribution in [0.4, 0.5) is 0 Å². The van der Waals surface area contributed by atoms with Crippen LogP contribution in [0.15, 0.2) is 11.8 Å². The average molecular weight is 186 g/mol. The summed E-state index contributed by atoms with van der Waals surface area (Å²) in [6.45, 7) is 3.67. The minimum Gasteiger partial charge on any atom is -0.434 e. The van der Waals surface area contributed by atoms with Crippen LogP contribution >= 0.6 is 0 Å². The smallest absolute Gasteiger partial charge is 0.344 e. The molecule has 0 aliphatic rings. The van der Waals surface area contributed by atoms with Crippen LogP contribution in [-0.2, 0) is 23.9 Å². The van der Waals surface area contributed by atoms with Crippen LogP contribution in [0.2, 0.25) is 0 Å². The van der Waals surface area contributed by atoms with Crippen molar-refractivity contribution in [3.05, 3.63) is 11.8 Å². The zero-order chi connectivity index (χ0) is 10.4. The second-order valence-corrected chi connectivity index (χ2v) is 2.29. The first-order valence-electron chi connectivity index (χ1n) is 3.50. The lowest BCUT2D eigenvalue weighted by Crippen LogP contribution is -2.10. The Labute approximate surface area is 75.3 Å². The van der Waals surface area contributed by atoms with Crippen molar-refractivity contribution in [3.63, 3.8) is 0 Å². The number of carbonyl (C=O) groups is 3. The Morgan fingerprint density at radius 1 is 1.00 bits per heavy atom. The number of hydrogen-bond donors (Lipinski definition) is 0. The molecule has 5 nitrogen and oxygen atoms in total. The van der Waals surface area contributed by atoms with Gasteiger partial charge in [-0.2, -0.15) is 0 Å². The number of ether oxygens (including phenoxy) is 2. The number of esters is 3. The molecule has 0 spiro atoms. The van der Waals surface area contributed by atoms with Gasteiger partial charge in [-0.3, -0.25) is 9.59 Å². The Hall–Kier alpha value is -1.65. The van der Waals surface area contributed by atoms with E-state index in [-0.39, 0.29) is 5.57 Å². The summed E-state index contributed by atoms with van der Waals surface area (Å²) < 4.78 is 8.60. The highest BCUT2D eigenvalue weighted by molar-refractivity contribution is 5.95. The third-order valence-electron chi connectivity index (χ3n) is 0.960. The quantitative estimate of drug-likeness (QED) is 0.272. The maximum absolute atomic E-state index is 10.9. The number of rotatable bonds is 2. The van der Waals surface area contributed by atoms with Crippen LogP contribution in [0.3, 0.4) is 0 Å². The van der Waals surface area contributed by atoms with Gasteiger partial charge in [0.2, 0.25) is 0 Å². The van der Waals surface area contributed by atoms with Crippen molar-refractivity contribution < 1.29 is 23.9 Å². The molecule has 0 unspecified atom stereocenters. The molecule has 13 heavy (non-hydrogen) atoms. The topological polar surface area (TPSA) is 69.7 Å². The van der Waals surface area contributed by atoms with Crippen LogP contribution in [0.25, 0.3) is 0 Å². The largest absolute Gasteiger partial charge is 0.434 e. The summed E-state index contributed by atoms with van der Waals surface area (Å²) in [5, 5.41) is 0. The summed E-state index contributed by atoms with van der Waals surface area (Å²) >= 11 is 0. The van der Waals surface area contributed by atoms with Gasteiger partial charge in [-0.1, -0.05) is 0 Å². The van der Waals surface area contributed by atoms with Crippen molar-refractivity contribution in [2.24, 2.45) is 0 Å². The fourth-order valence-corrected chi connectivity index (χ4v) is 0.431. The van der Waals surface area contributed by atoms with Gasteiger partial charge in [0.15, 0.2) is 0 Å². The zero-order valence-corrected chi connectivity index (χ0v) is 7.62. The van der Waals surface area contributed by atoms with Gasteiger partial charge in [0, 0.05) is 13.8 Å². The molecule has 0 aromatic carbocycles. The van der Waals surface area contributed by atoms with Gasteiger partial charge in [0.05, 0.1) is 5.57 Å². The van der Waals surface area contributed by atoms with E-state index in [2.05, 4.69) is 9.47 Å². The maximum atomic E-state index is 10.9. The minimum absolute atomic E-state index is 0.0467. The lowest BCUT2D eigenvalue weighted by molar-refractivity contribution is -0.155. The van der Waals surface area contributed by atoms with Crippen molar-refractivity contribution in [1.29, 1.82) is 0 Å². The standard InChI is InChI=1S/C8H10O5/c1-5(4-12-6(2)9)8(11)13-7(3)10/h4H,1-3H3. The van der Waals surface area contributed by atoms with Crippen LogP contribution in [0.1, 0.15) is 20.8 Å². The van der Waals surface area contributed by atoms with Crippen molar-refractivity contribution in [2.75, 3.05) is 0 Å². The van der Waals surface area contributed by atoms with Gasteiger partial charge in [0.25, 0.3) is 0 Å². The van der Waals surface area contributed by atoms with Crippen molar-refractivity contribution in [1.82, 2.24) is 0 Å². The molecule has 0 heterocycles. The monoisotopic (exact) mass is 186 g/mol. The molecule has 0 bridgehead atoms. The first kappa shape index (κ1) is 11.4. The van der Waals surface area contributed by atoms with E-state index < -0.39 is 17.9 Å². The summed E-state index contributed by atoms with van der Waals surface area (Å²) in [6.07, 6.45) is 0.938. The predicted molar refractivity (Wildman–Crippen MR) is 42.3 cm³/mol.